The second-order valence-electron chi connectivity index (χ2n) is 3.53. The molecular formula is C13H15N3O. The Morgan fingerprint density at radius 3 is 2.88 bits per heavy atom. The van der Waals surface area contributed by atoms with Gasteiger partial charge in [-0.2, -0.15) is 0 Å². The first-order valence-corrected chi connectivity index (χ1v) is 5.16. The van der Waals surface area contributed by atoms with Gasteiger partial charge in [0, 0.05) is 18.9 Å². The maximum absolute atomic E-state index is 10.4. The molecule has 1 aromatic carbocycles. The first-order valence-electron chi connectivity index (χ1n) is 5.16. The number of nitroso groups, excluding NO2 is 1. The summed E-state index contributed by atoms with van der Waals surface area (Å²) in [5.74, 6) is 0. The molecule has 17 heavy (non-hydrogen) atoms. The number of hydrogen-bond acceptors (Lipinski definition) is 3. The zero-order valence-corrected chi connectivity index (χ0v) is 10.00. The molecule has 0 aromatic heterocycles. The fraction of sp³-hybridized carbons (Fsp3) is 0.154. The molecule has 1 rings (SSSR count). The highest BCUT2D eigenvalue weighted by Gasteiger charge is 1.97. The van der Waals surface area contributed by atoms with Gasteiger partial charge < -0.3 is 4.90 Å². The Morgan fingerprint density at radius 1 is 1.47 bits per heavy atom. The van der Waals surface area contributed by atoms with Crippen molar-refractivity contribution in [2.24, 2.45) is 10.2 Å². The normalized spacial score (nSPS) is 11.5. The van der Waals surface area contributed by atoms with Crippen LogP contribution in [0.5, 0.6) is 0 Å². The van der Waals surface area contributed by atoms with E-state index in [0.717, 1.165) is 11.3 Å². The van der Waals surface area contributed by atoms with Gasteiger partial charge in [-0.25, -0.2) is 4.99 Å². The van der Waals surface area contributed by atoms with Crippen LogP contribution in [0.15, 0.2) is 52.9 Å². The molecule has 0 heterocycles. The van der Waals surface area contributed by atoms with Gasteiger partial charge in [-0.05, 0) is 35.9 Å². The topological polar surface area (TPSA) is 45.0 Å². The molecule has 0 atom stereocenters. The second kappa shape index (κ2) is 6.37. The molecule has 0 unspecified atom stereocenters. The SMILES string of the molecule is C=CN=CN(C)/C(C)=C\c1cccc(N=O)c1. The minimum absolute atomic E-state index is 0.425. The van der Waals surface area contributed by atoms with Gasteiger partial charge >= 0.3 is 0 Å². The largest absolute Gasteiger partial charge is 0.340 e. The van der Waals surface area contributed by atoms with Crippen molar-refractivity contribution in [2.45, 2.75) is 6.92 Å². The van der Waals surface area contributed by atoms with Crippen molar-refractivity contribution in [2.75, 3.05) is 7.05 Å². The lowest BCUT2D eigenvalue weighted by atomic mass is 10.2. The number of hydrogen-bond donors (Lipinski definition) is 0. The van der Waals surface area contributed by atoms with Crippen molar-refractivity contribution >= 4 is 18.1 Å². The second-order valence-corrected chi connectivity index (χ2v) is 3.53. The van der Waals surface area contributed by atoms with E-state index in [4.69, 9.17) is 0 Å². The highest BCUT2D eigenvalue weighted by molar-refractivity contribution is 5.64. The summed E-state index contributed by atoms with van der Waals surface area (Å²) in [5.41, 5.74) is 2.35. The van der Waals surface area contributed by atoms with Crippen LogP contribution in [0.1, 0.15) is 12.5 Å². The summed E-state index contributed by atoms with van der Waals surface area (Å²) in [5, 5.41) is 2.90. The Balaban J connectivity index is 2.89. The van der Waals surface area contributed by atoms with E-state index in [1.54, 1.807) is 24.5 Å². The minimum atomic E-state index is 0.425. The van der Waals surface area contributed by atoms with Gasteiger partial charge in [-0.1, -0.05) is 18.7 Å². The molecule has 0 N–H and O–H groups in total. The van der Waals surface area contributed by atoms with Crippen LogP contribution in [0, 0.1) is 4.91 Å². The highest BCUT2D eigenvalue weighted by atomic mass is 16.3. The van der Waals surface area contributed by atoms with Crippen LogP contribution in [0.3, 0.4) is 0 Å². The number of allylic oxidation sites excluding steroid dienone is 1. The van der Waals surface area contributed by atoms with E-state index in [1.807, 2.05) is 31.0 Å². The molecule has 0 fully saturated rings. The van der Waals surface area contributed by atoms with Crippen molar-refractivity contribution in [1.29, 1.82) is 0 Å². The third kappa shape index (κ3) is 4.03. The smallest absolute Gasteiger partial charge is 0.108 e. The number of aliphatic imine (C=N–C) groups is 1. The fourth-order valence-corrected chi connectivity index (χ4v) is 1.25. The average Bonchev–Trinajstić information content (AvgIpc) is 2.36. The van der Waals surface area contributed by atoms with Gasteiger partial charge in [0.25, 0.3) is 0 Å². The van der Waals surface area contributed by atoms with Gasteiger partial charge in [0.2, 0.25) is 0 Å². The molecule has 0 saturated carbocycles. The van der Waals surface area contributed by atoms with E-state index in [9.17, 15) is 4.91 Å². The van der Waals surface area contributed by atoms with Gasteiger partial charge in [0.15, 0.2) is 0 Å². The lowest BCUT2D eigenvalue weighted by Gasteiger charge is -2.13. The first-order chi connectivity index (χ1) is 8.17. The average molecular weight is 229 g/mol. The van der Waals surface area contributed by atoms with Crippen molar-refractivity contribution in [3.8, 4) is 0 Å². The maximum Gasteiger partial charge on any atom is 0.108 e. The standard InChI is InChI=1S/C13H15N3O/c1-4-14-10-16(3)11(2)8-12-6-5-7-13(9-12)15-17/h4-10H,1H2,2-3H3/b11-8-,14-10?. The molecule has 88 valence electrons. The van der Waals surface area contributed by atoms with Gasteiger partial charge in [-0.15, -0.1) is 4.91 Å². The van der Waals surface area contributed by atoms with E-state index in [1.165, 1.54) is 6.20 Å². The van der Waals surface area contributed by atoms with E-state index in [-0.39, 0.29) is 0 Å². The molecule has 4 nitrogen and oxygen atoms in total. The van der Waals surface area contributed by atoms with Crippen molar-refractivity contribution in [1.82, 2.24) is 4.90 Å². The first kappa shape index (κ1) is 12.8. The summed E-state index contributed by atoms with van der Waals surface area (Å²) in [6, 6.07) is 7.11. The Bertz CT molecular complexity index is 463. The molecule has 0 saturated heterocycles. The summed E-state index contributed by atoms with van der Waals surface area (Å²) >= 11 is 0. The quantitative estimate of drug-likeness (QED) is 0.440. The molecule has 0 amide bonds. The molecular weight excluding hydrogens is 214 g/mol. The molecule has 0 bridgehead atoms. The van der Waals surface area contributed by atoms with E-state index in [0.29, 0.717) is 5.69 Å². The van der Waals surface area contributed by atoms with E-state index < -0.39 is 0 Å². The molecule has 0 aliphatic heterocycles. The predicted octanol–water partition coefficient (Wildman–Crippen LogP) is 3.55. The zero-order valence-electron chi connectivity index (χ0n) is 10.00. The predicted molar refractivity (Wildman–Crippen MR) is 72.0 cm³/mol. The molecule has 0 spiro atoms. The summed E-state index contributed by atoms with van der Waals surface area (Å²) < 4.78 is 0. The third-order valence-electron chi connectivity index (χ3n) is 2.25. The van der Waals surface area contributed by atoms with Crippen molar-refractivity contribution in [3.05, 3.63) is 53.2 Å². The third-order valence-corrected chi connectivity index (χ3v) is 2.25. The van der Waals surface area contributed by atoms with Crippen LogP contribution < -0.4 is 0 Å². The summed E-state index contributed by atoms with van der Waals surface area (Å²) in [6.45, 7) is 5.46. The van der Waals surface area contributed by atoms with E-state index >= 15 is 0 Å². The Labute approximate surface area is 101 Å². The zero-order chi connectivity index (χ0) is 12.7. The lowest BCUT2D eigenvalue weighted by molar-refractivity contribution is 0.652. The lowest BCUT2D eigenvalue weighted by Crippen LogP contribution is -2.12. The van der Waals surface area contributed by atoms with Crippen LogP contribution >= 0.6 is 0 Å². The van der Waals surface area contributed by atoms with E-state index in [2.05, 4.69) is 16.7 Å². The van der Waals surface area contributed by atoms with Crippen molar-refractivity contribution < 1.29 is 0 Å². The minimum Gasteiger partial charge on any atom is -0.340 e. The Kier molecular flexibility index (Phi) is 4.81. The van der Waals surface area contributed by atoms with Crippen LogP contribution in [-0.2, 0) is 0 Å². The molecule has 4 heteroatoms. The molecule has 0 radical (unpaired) electrons. The summed E-state index contributed by atoms with van der Waals surface area (Å²) in [7, 11) is 1.89. The van der Waals surface area contributed by atoms with Crippen LogP contribution in [0.2, 0.25) is 0 Å². The monoisotopic (exact) mass is 229 g/mol. The Hall–Kier alpha value is -2.23. The molecule has 0 aliphatic carbocycles. The number of benzene rings is 1. The fourth-order valence-electron chi connectivity index (χ4n) is 1.25. The van der Waals surface area contributed by atoms with Crippen LogP contribution in [0.25, 0.3) is 6.08 Å². The van der Waals surface area contributed by atoms with Gasteiger partial charge in [-0.3, -0.25) is 0 Å². The number of rotatable bonds is 5. The van der Waals surface area contributed by atoms with Gasteiger partial charge in [0.05, 0.1) is 6.34 Å². The highest BCUT2D eigenvalue weighted by Crippen LogP contribution is 2.16. The van der Waals surface area contributed by atoms with Gasteiger partial charge in [0.1, 0.15) is 5.69 Å². The summed E-state index contributed by atoms with van der Waals surface area (Å²) in [6.07, 6.45) is 5.09. The molecule has 1 aromatic rings. The van der Waals surface area contributed by atoms with Crippen molar-refractivity contribution in [3.63, 3.8) is 0 Å². The maximum atomic E-state index is 10.4. The summed E-state index contributed by atoms with van der Waals surface area (Å²) in [4.78, 5) is 16.2. The number of nitrogens with zero attached hydrogens (tertiary/aromatic N) is 3. The Morgan fingerprint density at radius 2 is 2.24 bits per heavy atom. The van der Waals surface area contributed by atoms with Crippen LogP contribution in [0.4, 0.5) is 5.69 Å². The molecule has 0 aliphatic rings. The van der Waals surface area contributed by atoms with Crippen LogP contribution in [-0.4, -0.2) is 18.3 Å².